The molecule has 76 valence electrons. The minimum Gasteiger partial charge on any atom is -0.347 e. The fraction of sp³-hybridized carbons (Fsp3) is 0.556. The molecule has 0 radical (unpaired) electrons. The van der Waals surface area contributed by atoms with Crippen LogP contribution in [0.5, 0.6) is 0 Å². The second kappa shape index (κ2) is 4.06. The number of carbonyl (C=O) groups excluding carboxylic acids is 1. The van der Waals surface area contributed by atoms with E-state index in [0.717, 1.165) is 24.5 Å². The van der Waals surface area contributed by atoms with Crippen LogP contribution in [-0.4, -0.2) is 30.0 Å². The first-order chi connectivity index (χ1) is 6.75. The Morgan fingerprint density at radius 3 is 3.21 bits per heavy atom. The van der Waals surface area contributed by atoms with Crippen LogP contribution in [0.4, 0.5) is 0 Å². The second-order valence-electron chi connectivity index (χ2n) is 3.41. The van der Waals surface area contributed by atoms with Gasteiger partial charge in [-0.25, -0.2) is 4.98 Å². The van der Waals surface area contributed by atoms with Crippen molar-refractivity contribution in [2.45, 2.75) is 19.4 Å². The van der Waals surface area contributed by atoms with Crippen molar-refractivity contribution < 1.29 is 4.79 Å². The monoisotopic (exact) mass is 211 g/mol. The van der Waals surface area contributed by atoms with Crippen molar-refractivity contribution in [1.29, 1.82) is 0 Å². The summed E-state index contributed by atoms with van der Waals surface area (Å²) in [6, 6.07) is 0.282. The zero-order valence-corrected chi connectivity index (χ0v) is 8.86. The zero-order valence-electron chi connectivity index (χ0n) is 8.04. The van der Waals surface area contributed by atoms with Crippen LogP contribution in [0.3, 0.4) is 0 Å². The van der Waals surface area contributed by atoms with E-state index in [0.29, 0.717) is 4.88 Å². The smallest absolute Gasteiger partial charge is 0.263 e. The molecule has 14 heavy (non-hydrogen) atoms. The van der Waals surface area contributed by atoms with Crippen molar-refractivity contribution in [3.8, 4) is 0 Å². The van der Waals surface area contributed by atoms with E-state index in [9.17, 15) is 4.79 Å². The van der Waals surface area contributed by atoms with E-state index < -0.39 is 0 Å². The quantitative estimate of drug-likeness (QED) is 0.751. The number of hydrogen-bond donors (Lipinski definition) is 2. The molecule has 2 N–H and O–H groups in total. The van der Waals surface area contributed by atoms with Crippen LogP contribution >= 0.6 is 11.3 Å². The van der Waals surface area contributed by atoms with Crippen LogP contribution in [0, 0.1) is 6.92 Å². The van der Waals surface area contributed by atoms with Crippen molar-refractivity contribution in [3.05, 3.63) is 16.1 Å². The van der Waals surface area contributed by atoms with Gasteiger partial charge >= 0.3 is 0 Å². The first kappa shape index (κ1) is 9.61. The molecule has 4 nitrogen and oxygen atoms in total. The van der Waals surface area contributed by atoms with Gasteiger partial charge in [-0.05, 0) is 19.9 Å². The lowest BCUT2D eigenvalue weighted by molar-refractivity contribution is 0.0944. The number of rotatable bonds is 2. The maximum Gasteiger partial charge on any atom is 0.263 e. The van der Waals surface area contributed by atoms with Crippen LogP contribution in [-0.2, 0) is 0 Å². The summed E-state index contributed by atoms with van der Waals surface area (Å²) in [5.74, 6) is 0.00398. The maximum atomic E-state index is 11.6. The molecule has 1 atom stereocenters. The minimum absolute atomic E-state index is 0.00398. The predicted octanol–water partition coefficient (Wildman–Crippen LogP) is 0.543. The number of thiazole rings is 1. The second-order valence-corrected chi connectivity index (χ2v) is 4.64. The lowest BCUT2D eigenvalue weighted by Gasteiger charge is -2.09. The molecule has 0 spiro atoms. The molecule has 2 heterocycles. The first-order valence-electron chi connectivity index (χ1n) is 4.70. The molecule has 1 saturated heterocycles. The summed E-state index contributed by atoms with van der Waals surface area (Å²) < 4.78 is 0. The zero-order chi connectivity index (χ0) is 9.97. The predicted molar refractivity (Wildman–Crippen MR) is 55.6 cm³/mol. The SMILES string of the molecule is Cc1ncc(C(=O)N[C@@H]2CCNC2)s1. The van der Waals surface area contributed by atoms with Crippen LogP contribution < -0.4 is 10.6 Å². The summed E-state index contributed by atoms with van der Waals surface area (Å²) in [6.45, 7) is 3.77. The topological polar surface area (TPSA) is 54.0 Å². The summed E-state index contributed by atoms with van der Waals surface area (Å²) in [7, 11) is 0. The molecule has 0 aromatic carbocycles. The Morgan fingerprint density at radius 2 is 2.64 bits per heavy atom. The number of aromatic nitrogens is 1. The average Bonchev–Trinajstić information content (AvgIpc) is 2.75. The fourth-order valence-corrected chi connectivity index (χ4v) is 2.18. The Morgan fingerprint density at radius 1 is 1.79 bits per heavy atom. The fourth-order valence-electron chi connectivity index (χ4n) is 1.50. The van der Waals surface area contributed by atoms with Gasteiger partial charge in [0.15, 0.2) is 0 Å². The Balaban J connectivity index is 1.95. The van der Waals surface area contributed by atoms with E-state index in [-0.39, 0.29) is 11.9 Å². The number of carbonyl (C=O) groups is 1. The Hall–Kier alpha value is -0.940. The summed E-state index contributed by atoms with van der Waals surface area (Å²) in [6.07, 6.45) is 2.65. The minimum atomic E-state index is 0.00398. The van der Waals surface area contributed by atoms with E-state index in [1.54, 1.807) is 6.20 Å². The molecule has 1 aliphatic heterocycles. The van der Waals surface area contributed by atoms with E-state index in [1.807, 2.05) is 6.92 Å². The Labute approximate surface area is 86.7 Å². The van der Waals surface area contributed by atoms with Crippen LogP contribution in [0.25, 0.3) is 0 Å². The highest BCUT2D eigenvalue weighted by atomic mass is 32.1. The number of nitrogens with zero attached hydrogens (tertiary/aromatic N) is 1. The molecule has 1 aliphatic rings. The molecule has 1 aromatic rings. The van der Waals surface area contributed by atoms with Crippen molar-refractivity contribution in [2.75, 3.05) is 13.1 Å². The molecule has 0 aliphatic carbocycles. The number of amides is 1. The lowest BCUT2D eigenvalue weighted by Crippen LogP contribution is -2.35. The highest BCUT2D eigenvalue weighted by Gasteiger charge is 2.18. The van der Waals surface area contributed by atoms with Crippen LogP contribution in [0.2, 0.25) is 0 Å². The third-order valence-electron chi connectivity index (χ3n) is 2.24. The molecule has 0 unspecified atom stereocenters. The highest BCUT2D eigenvalue weighted by Crippen LogP contribution is 2.11. The van der Waals surface area contributed by atoms with E-state index in [1.165, 1.54) is 11.3 Å². The van der Waals surface area contributed by atoms with Gasteiger partial charge in [-0.2, -0.15) is 0 Å². The largest absolute Gasteiger partial charge is 0.347 e. The van der Waals surface area contributed by atoms with Gasteiger partial charge in [0.1, 0.15) is 4.88 Å². The van der Waals surface area contributed by atoms with Crippen LogP contribution in [0.1, 0.15) is 21.1 Å². The molecule has 2 rings (SSSR count). The summed E-state index contributed by atoms with van der Waals surface area (Å²) in [5, 5.41) is 7.12. The summed E-state index contributed by atoms with van der Waals surface area (Å²) >= 11 is 1.44. The van der Waals surface area contributed by atoms with Gasteiger partial charge in [0.2, 0.25) is 0 Å². The highest BCUT2D eigenvalue weighted by molar-refractivity contribution is 7.13. The van der Waals surface area contributed by atoms with Gasteiger partial charge in [0.25, 0.3) is 5.91 Å². The maximum absolute atomic E-state index is 11.6. The van der Waals surface area contributed by atoms with Crippen molar-refractivity contribution in [1.82, 2.24) is 15.6 Å². The number of hydrogen-bond acceptors (Lipinski definition) is 4. The van der Waals surface area contributed by atoms with Gasteiger partial charge in [-0.1, -0.05) is 0 Å². The lowest BCUT2D eigenvalue weighted by atomic mass is 10.2. The molecule has 5 heteroatoms. The molecule has 1 fully saturated rings. The van der Waals surface area contributed by atoms with Gasteiger partial charge < -0.3 is 10.6 Å². The molecule has 1 amide bonds. The third-order valence-corrected chi connectivity index (χ3v) is 3.15. The standard InChI is InChI=1S/C9H13N3OS/c1-6-11-5-8(14-6)9(13)12-7-2-3-10-4-7/h5,7,10H,2-4H2,1H3,(H,12,13)/t7-/m1/s1. The molecule has 0 bridgehead atoms. The van der Waals surface area contributed by atoms with Gasteiger partial charge in [-0.15, -0.1) is 11.3 Å². The van der Waals surface area contributed by atoms with E-state index in [2.05, 4.69) is 15.6 Å². The van der Waals surface area contributed by atoms with E-state index >= 15 is 0 Å². The average molecular weight is 211 g/mol. The summed E-state index contributed by atoms with van der Waals surface area (Å²) in [4.78, 5) is 16.4. The van der Waals surface area contributed by atoms with Crippen LogP contribution in [0.15, 0.2) is 6.20 Å². The Bertz CT molecular complexity index is 331. The Kier molecular flexibility index (Phi) is 2.79. The van der Waals surface area contributed by atoms with E-state index in [4.69, 9.17) is 0 Å². The molecule has 0 saturated carbocycles. The molecular formula is C9H13N3OS. The molecular weight excluding hydrogens is 198 g/mol. The third kappa shape index (κ3) is 2.10. The van der Waals surface area contributed by atoms with Gasteiger partial charge in [0.05, 0.1) is 11.2 Å². The first-order valence-corrected chi connectivity index (χ1v) is 5.51. The normalized spacial score (nSPS) is 21.1. The van der Waals surface area contributed by atoms with Gasteiger partial charge in [0, 0.05) is 12.6 Å². The van der Waals surface area contributed by atoms with Crippen molar-refractivity contribution >= 4 is 17.2 Å². The number of nitrogens with one attached hydrogen (secondary N) is 2. The molecule has 1 aromatic heterocycles. The number of aryl methyl sites for hydroxylation is 1. The van der Waals surface area contributed by atoms with Gasteiger partial charge in [-0.3, -0.25) is 4.79 Å². The van der Waals surface area contributed by atoms with Crippen molar-refractivity contribution in [3.63, 3.8) is 0 Å². The van der Waals surface area contributed by atoms with Crippen molar-refractivity contribution in [2.24, 2.45) is 0 Å². The summed E-state index contributed by atoms with van der Waals surface area (Å²) in [5.41, 5.74) is 0.